The lowest BCUT2D eigenvalue weighted by Crippen LogP contribution is -2.62. The van der Waals surface area contributed by atoms with E-state index in [9.17, 15) is 9.59 Å². The second-order valence-electron chi connectivity index (χ2n) is 9.68. The first-order valence-corrected chi connectivity index (χ1v) is 12.2. The van der Waals surface area contributed by atoms with Gasteiger partial charge in [-0.25, -0.2) is 9.86 Å². The molecule has 7 nitrogen and oxygen atoms in total. The van der Waals surface area contributed by atoms with Gasteiger partial charge in [0.2, 0.25) is 0 Å². The van der Waals surface area contributed by atoms with Crippen LogP contribution in [0.2, 0.25) is 0 Å². The van der Waals surface area contributed by atoms with E-state index in [0.29, 0.717) is 38.5 Å². The largest absolute Gasteiger partial charge is 0.467 e. The van der Waals surface area contributed by atoms with Gasteiger partial charge in [-0.05, 0) is 69.1 Å². The van der Waals surface area contributed by atoms with Gasteiger partial charge in [0.15, 0.2) is 5.54 Å². The molecule has 1 aromatic carbocycles. The molecule has 3 rings (SSSR count). The average Bonchev–Trinajstić information content (AvgIpc) is 2.82. The second-order valence-corrected chi connectivity index (χ2v) is 9.68. The Morgan fingerprint density at radius 1 is 1.03 bits per heavy atom. The van der Waals surface area contributed by atoms with Crippen LogP contribution >= 0.6 is 0 Å². The number of methoxy groups -OCH3 is 1. The van der Waals surface area contributed by atoms with E-state index in [2.05, 4.69) is 19.1 Å². The van der Waals surface area contributed by atoms with E-state index >= 15 is 0 Å². The Bertz CT molecular complexity index is 803. The van der Waals surface area contributed by atoms with Gasteiger partial charge in [-0.2, -0.15) is 5.06 Å². The molecule has 33 heavy (non-hydrogen) atoms. The van der Waals surface area contributed by atoms with E-state index in [0.717, 1.165) is 29.5 Å². The highest BCUT2D eigenvalue weighted by atomic mass is 16.7. The number of carbonyl (C=O) groups is 2. The summed E-state index contributed by atoms with van der Waals surface area (Å²) in [7, 11) is 3.00. The minimum absolute atomic E-state index is 0.190. The Labute approximate surface area is 198 Å². The summed E-state index contributed by atoms with van der Waals surface area (Å²) in [5.41, 5.74) is 3.17. The number of hydrogen-bond acceptors (Lipinski definition) is 6. The number of benzene rings is 1. The third kappa shape index (κ3) is 5.94. The second kappa shape index (κ2) is 11.4. The van der Waals surface area contributed by atoms with Gasteiger partial charge in [0.05, 0.1) is 27.2 Å². The molecule has 184 valence electrons. The van der Waals surface area contributed by atoms with Crippen molar-refractivity contribution < 1.29 is 24.0 Å². The number of amides is 1. The molecule has 0 bridgehead atoms. The monoisotopic (exact) mass is 460 g/mol. The van der Waals surface area contributed by atoms with Gasteiger partial charge < -0.3 is 9.57 Å². The van der Waals surface area contributed by atoms with Crippen LogP contribution in [0.4, 0.5) is 0 Å². The van der Waals surface area contributed by atoms with E-state index in [1.165, 1.54) is 37.0 Å². The van der Waals surface area contributed by atoms with Crippen LogP contribution in [0.25, 0.3) is 0 Å². The quantitative estimate of drug-likeness (QED) is 0.430. The number of nitrogens with zero attached hydrogens (tertiary/aromatic N) is 2. The van der Waals surface area contributed by atoms with E-state index in [1.54, 1.807) is 12.2 Å². The fraction of sp³-hybridized carbons (Fsp3) is 0.692. The molecule has 1 heterocycles. The van der Waals surface area contributed by atoms with Crippen LogP contribution in [0, 0.1) is 26.7 Å². The molecule has 0 N–H and O–H groups in total. The number of carbonyl (C=O) groups excluding carboxylic acids is 2. The van der Waals surface area contributed by atoms with Crippen LogP contribution < -0.4 is 0 Å². The van der Waals surface area contributed by atoms with Crippen molar-refractivity contribution in [3.8, 4) is 0 Å². The average molecular weight is 461 g/mol. The normalized spacial score (nSPS) is 19.3. The summed E-state index contributed by atoms with van der Waals surface area (Å²) in [5, 5.41) is 3.19. The van der Waals surface area contributed by atoms with Crippen LogP contribution in [-0.4, -0.2) is 61.5 Å². The van der Waals surface area contributed by atoms with Gasteiger partial charge in [0, 0.05) is 13.1 Å². The minimum Gasteiger partial charge on any atom is -0.467 e. The van der Waals surface area contributed by atoms with Crippen molar-refractivity contribution in [2.75, 3.05) is 33.9 Å². The third-order valence-corrected chi connectivity index (χ3v) is 7.32. The Morgan fingerprint density at radius 2 is 1.64 bits per heavy atom. The van der Waals surface area contributed by atoms with Crippen LogP contribution in [-0.2, 0) is 30.4 Å². The molecule has 1 aliphatic heterocycles. The zero-order valence-electron chi connectivity index (χ0n) is 20.9. The Hall–Kier alpha value is -1.96. The SMILES string of the molecule is COC(=O)C1(N(OCC2CCCCC2)C(=O)Cc2c(C)cc(C)cc2C)CCN(OC)CC1. The van der Waals surface area contributed by atoms with Crippen molar-refractivity contribution in [1.82, 2.24) is 10.1 Å². The number of ether oxygens (including phenoxy) is 1. The number of hydrogen-bond donors (Lipinski definition) is 0. The molecule has 1 saturated heterocycles. The molecule has 1 amide bonds. The molecule has 1 aromatic rings. The van der Waals surface area contributed by atoms with E-state index in [-0.39, 0.29) is 12.3 Å². The Kier molecular flexibility index (Phi) is 8.90. The molecule has 0 aromatic heterocycles. The lowest BCUT2D eigenvalue weighted by Gasteiger charge is -2.45. The summed E-state index contributed by atoms with van der Waals surface area (Å²) in [6.07, 6.45) is 6.82. The smallest absolute Gasteiger partial charge is 0.334 e. The number of rotatable bonds is 8. The number of piperidine rings is 1. The van der Waals surface area contributed by atoms with Crippen molar-refractivity contribution in [2.45, 2.75) is 77.7 Å². The maximum absolute atomic E-state index is 13.8. The van der Waals surface area contributed by atoms with Gasteiger partial charge >= 0.3 is 5.97 Å². The topological polar surface area (TPSA) is 68.3 Å². The highest BCUT2D eigenvalue weighted by molar-refractivity contribution is 5.88. The number of aryl methyl sites for hydroxylation is 3. The molecule has 0 spiro atoms. The summed E-state index contributed by atoms with van der Waals surface area (Å²) in [6, 6.07) is 4.19. The van der Waals surface area contributed by atoms with E-state index in [1.807, 2.05) is 13.8 Å². The maximum atomic E-state index is 13.8. The Balaban J connectivity index is 1.90. The molecule has 0 radical (unpaired) electrons. The molecule has 1 saturated carbocycles. The Morgan fingerprint density at radius 3 is 2.18 bits per heavy atom. The number of hydroxylamine groups is 4. The van der Waals surface area contributed by atoms with Crippen LogP contribution in [0.5, 0.6) is 0 Å². The molecule has 0 unspecified atom stereocenters. The first-order chi connectivity index (χ1) is 15.8. The fourth-order valence-corrected chi connectivity index (χ4v) is 5.40. The summed E-state index contributed by atoms with van der Waals surface area (Å²) in [6.45, 7) is 7.60. The highest BCUT2D eigenvalue weighted by Gasteiger charge is 2.51. The van der Waals surface area contributed by atoms with Crippen molar-refractivity contribution in [3.05, 3.63) is 34.4 Å². The summed E-state index contributed by atoms with van der Waals surface area (Å²) in [5.74, 6) is -0.213. The molecule has 2 aliphatic rings. The molecule has 0 atom stereocenters. The molecular formula is C26H40N2O5. The van der Waals surface area contributed by atoms with Gasteiger partial charge in [0.1, 0.15) is 0 Å². The molecule has 7 heteroatoms. The molecule has 2 fully saturated rings. The van der Waals surface area contributed by atoms with Gasteiger partial charge in [-0.3, -0.25) is 9.63 Å². The van der Waals surface area contributed by atoms with E-state index in [4.69, 9.17) is 14.4 Å². The van der Waals surface area contributed by atoms with E-state index < -0.39 is 11.5 Å². The first-order valence-electron chi connectivity index (χ1n) is 12.2. The van der Waals surface area contributed by atoms with Gasteiger partial charge in [-0.15, -0.1) is 0 Å². The first kappa shape index (κ1) is 25.7. The summed E-state index contributed by atoms with van der Waals surface area (Å²) in [4.78, 5) is 38.6. The zero-order chi connectivity index (χ0) is 24.0. The molecule has 1 aliphatic carbocycles. The third-order valence-electron chi connectivity index (χ3n) is 7.32. The number of esters is 1. The highest BCUT2D eigenvalue weighted by Crippen LogP contribution is 2.33. The predicted molar refractivity (Wildman–Crippen MR) is 126 cm³/mol. The van der Waals surface area contributed by atoms with Crippen molar-refractivity contribution in [1.29, 1.82) is 0 Å². The predicted octanol–water partition coefficient (Wildman–Crippen LogP) is 4.06. The fourth-order valence-electron chi connectivity index (χ4n) is 5.40. The van der Waals surface area contributed by atoms with Gasteiger partial charge in [-0.1, -0.05) is 37.0 Å². The maximum Gasteiger partial charge on any atom is 0.334 e. The van der Waals surface area contributed by atoms with Crippen LogP contribution in [0.1, 0.15) is 67.2 Å². The van der Waals surface area contributed by atoms with Crippen LogP contribution in [0.3, 0.4) is 0 Å². The summed E-state index contributed by atoms with van der Waals surface area (Å²) < 4.78 is 5.23. The van der Waals surface area contributed by atoms with Crippen molar-refractivity contribution in [3.63, 3.8) is 0 Å². The van der Waals surface area contributed by atoms with Crippen LogP contribution in [0.15, 0.2) is 12.1 Å². The molecular weight excluding hydrogens is 420 g/mol. The van der Waals surface area contributed by atoms with Crippen molar-refractivity contribution in [2.24, 2.45) is 5.92 Å². The lowest BCUT2D eigenvalue weighted by molar-refractivity contribution is -0.252. The minimum atomic E-state index is -1.15. The summed E-state index contributed by atoms with van der Waals surface area (Å²) >= 11 is 0. The van der Waals surface area contributed by atoms with Crippen molar-refractivity contribution >= 4 is 11.9 Å². The standard InChI is InChI=1S/C26H40N2O5/c1-19-15-20(2)23(21(3)16-19)17-24(29)28(33-18-22-9-7-6-8-10-22)26(25(30)31-4)11-13-27(32-5)14-12-26/h15-16,22H,6-14,17-18H2,1-5H3. The lowest BCUT2D eigenvalue weighted by atomic mass is 9.86. The van der Waals surface area contributed by atoms with Gasteiger partial charge in [0.25, 0.3) is 5.91 Å². The zero-order valence-corrected chi connectivity index (χ0v) is 20.9.